The number of ether oxygens (including phenoxy) is 1. The van der Waals surface area contributed by atoms with Gasteiger partial charge in [-0.05, 0) is 55.6 Å². The molecule has 1 amide bonds. The van der Waals surface area contributed by atoms with Crippen molar-refractivity contribution in [3.05, 3.63) is 48.5 Å². The van der Waals surface area contributed by atoms with E-state index >= 15 is 0 Å². The molecule has 0 radical (unpaired) electrons. The van der Waals surface area contributed by atoms with Gasteiger partial charge in [-0.2, -0.15) is 0 Å². The van der Waals surface area contributed by atoms with E-state index in [2.05, 4.69) is 5.32 Å². The molecule has 6 nitrogen and oxygen atoms in total. The Labute approximate surface area is 158 Å². The number of hydrogen-bond acceptors (Lipinski definition) is 5. The third-order valence-electron chi connectivity index (χ3n) is 3.72. The Morgan fingerprint density at radius 1 is 1.19 bits per heavy atom. The van der Waals surface area contributed by atoms with Crippen molar-refractivity contribution >= 4 is 39.1 Å². The van der Waals surface area contributed by atoms with Crippen molar-refractivity contribution in [2.75, 3.05) is 29.2 Å². The average molecular weight is 395 g/mol. The van der Waals surface area contributed by atoms with Crippen LogP contribution in [0.4, 0.5) is 11.4 Å². The molecule has 0 saturated heterocycles. The van der Waals surface area contributed by atoms with Crippen LogP contribution in [0, 0.1) is 0 Å². The van der Waals surface area contributed by atoms with Gasteiger partial charge < -0.3 is 10.1 Å². The number of rotatable bonds is 7. The fraction of sp³-hybridized carbons (Fsp3) is 0.278. The van der Waals surface area contributed by atoms with E-state index in [1.807, 2.05) is 30.5 Å². The van der Waals surface area contributed by atoms with Gasteiger partial charge in [0.15, 0.2) is 6.10 Å². The summed E-state index contributed by atoms with van der Waals surface area (Å²) in [5.41, 5.74) is 1.23. The first-order valence-corrected chi connectivity index (χ1v) is 10.9. The van der Waals surface area contributed by atoms with E-state index in [9.17, 15) is 13.2 Å². The molecule has 0 saturated carbocycles. The minimum absolute atomic E-state index is 0.263. The fourth-order valence-corrected chi connectivity index (χ4v) is 3.09. The number of nitrogens with one attached hydrogen (secondary N) is 1. The molecule has 1 unspecified atom stereocenters. The maximum absolute atomic E-state index is 12.3. The van der Waals surface area contributed by atoms with Crippen molar-refractivity contribution in [2.24, 2.45) is 0 Å². The monoisotopic (exact) mass is 394 g/mol. The highest BCUT2D eigenvalue weighted by molar-refractivity contribution is 7.98. The van der Waals surface area contributed by atoms with E-state index < -0.39 is 16.1 Å². The summed E-state index contributed by atoms with van der Waals surface area (Å²) in [7, 11) is -1.84. The predicted octanol–water partition coefficient (Wildman–Crippen LogP) is 3.21. The van der Waals surface area contributed by atoms with E-state index in [0.29, 0.717) is 17.1 Å². The molecular weight excluding hydrogens is 372 g/mol. The van der Waals surface area contributed by atoms with Crippen molar-refractivity contribution in [3.8, 4) is 5.75 Å². The molecule has 0 aliphatic heterocycles. The molecule has 0 heterocycles. The summed E-state index contributed by atoms with van der Waals surface area (Å²) in [5, 5.41) is 2.82. The van der Waals surface area contributed by atoms with Crippen LogP contribution in [0.2, 0.25) is 0 Å². The van der Waals surface area contributed by atoms with Crippen LogP contribution < -0.4 is 14.4 Å². The first-order chi connectivity index (χ1) is 12.2. The van der Waals surface area contributed by atoms with Crippen LogP contribution in [-0.2, 0) is 14.8 Å². The molecule has 1 N–H and O–H groups in total. The van der Waals surface area contributed by atoms with Crippen molar-refractivity contribution in [1.82, 2.24) is 0 Å². The highest BCUT2D eigenvalue weighted by Gasteiger charge is 2.16. The minimum Gasteiger partial charge on any atom is -0.481 e. The number of anilines is 2. The second-order valence-corrected chi connectivity index (χ2v) is 8.60. The maximum Gasteiger partial charge on any atom is 0.265 e. The third-order valence-corrected chi connectivity index (χ3v) is 5.65. The minimum atomic E-state index is -3.32. The van der Waals surface area contributed by atoms with Crippen LogP contribution in [0.3, 0.4) is 0 Å². The quantitative estimate of drug-likeness (QED) is 0.730. The van der Waals surface area contributed by atoms with E-state index in [1.165, 1.54) is 11.4 Å². The lowest BCUT2D eigenvalue weighted by molar-refractivity contribution is -0.122. The van der Waals surface area contributed by atoms with Gasteiger partial charge >= 0.3 is 0 Å². The summed E-state index contributed by atoms with van der Waals surface area (Å²) in [6.07, 6.45) is 2.40. The van der Waals surface area contributed by atoms with Crippen LogP contribution in [0.25, 0.3) is 0 Å². The first-order valence-electron chi connectivity index (χ1n) is 7.86. The summed E-state index contributed by atoms with van der Waals surface area (Å²) < 4.78 is 29.9. The molecule has 2 rings (SSSR count). The molecule has 8 heteroatoms. The number of hydrogen-bond donors (Lipinski definition) is 1. The molecule has 2 aromatic rings. The number of nitrogens with zero attached hydrogens (tertiary/aromatic N) is 1. The van der Waals surface area contributed by atoms with E-state index in [4.69, 9.17) is 4.74 Å². The van der Waals surface area contributed by atoms with Crippen LogP contribution in [0.1, 0.15) is 6.92 Å². The van der Waals surface area contributed by atoms with Crippen molar-refractivity contribution in [1.29, 1.82) is 0 Å². The van der Waals surface area contributed by atoms with Crippen LogP contribution in [0.15, 0.2) is 53.4 Å². The van der Waals surface area contributed by atoms with Gasteiger partial charge in [-0.1, -0.05) is 6.07 Å². The molecule has 0 spiro atoms. The fourth-order valence-electron chi connectivity index (χ4n) is 2.13. The van der Waals surface area contributed by atoms with Gasteiger partial charge in [0.05, 0.1) is 11.9 Å². The van der Waals surface area contributed by atoms with E-state index in [-0.39, 0.29) is 5.91 Å². The highest BCUT2D eigenvalue weighted by Crippen LogP contribution is 2.22. The Morgan fingerprint density at radius 3 is 2.42 bits per heavy atom. The third kappa shape index (κ3) is 5.40. The first kappa shape index (κ1) is 20.1. The summed E-state index contributed by atoms with van der Waals surface area (Å²) in [6.45, 7) is 1.66. The predicted molar refractivity (Wildman–Crippen MR) is 107 cm³/mol. The van der Waals surface area contributed by atoms with Crippen LogP contribution >= 0.6 is 11.8 Å². The van der Waals surface area contributed by atoms with Crippen LogP contribution in [-0.4, -0.2) is 40.0 Å². The van der Waals surface area contributed by atoms with Gasteiger partial charge in [0, 0.05) is 17.6 Å². The molecule has 0 bridgehead atoms. The standard InChI is InChI=1S/C18H22N2O4S2/c1-13(18(21)19-14-6-5-7-17(12-14)25-3)24-16-10-8-15(9-11-16)20(2)26(4,22)23/h5-13H,1-4H3,(H,19,21). The number of benzene rings is 2. The molecule has 26 heavy (non-hydrogen) atoms. The lowest BCUT2D eigenvalue weighted by Crippen LogP contribution is -2.30. The van der Waals surface area contributed by atoms with Gasteiger partial charge in [0.1, 0.15) is 5.75 Å². The molecule has 0 aromatic heterocycles. The zero-order chi connectivity index (χ0) is 19.3. The second kappa shape index (κ2) is 8.46. The highest BCUT2D eigenvalue weighted by atomic mass is 32.2. The Bertz CT molecular complexity index is 867. The summed E-state index contributed by atoms with van der Waals surface area (Å²) in [5.74, 6) is 0.219. The number of sulfonamides is 1. The number of carbonyl (C=O) groups is 1. The van der Waals surface area contributed by atoms with Gasteiger partial charge in [0.2, 0.25) is 10.0 Å². The second-order valence-electron chi connectivity index (χ2n) is 5.71. The Kier molecular flexibility index (Phi) is 6.55. The zero-order valence-corrected chi connectivity index (χ0v) is 16.7. The SMILES string of the molecule is CSc1cccc(NC(=O)C(C)Oc2ccc(N(C)S(C)(=O)=O)cc2)c1. The molecule has 140 valence electrons. The number of carbonyl (C=O) groups excluding carboxylic acids is 1. The molecular formula is C18H22N2O4S2. The van der Waals surface area contributed by atoms with Gasteiger partial charge in [-0.15, -0.1) is 11.8 Å². The van der Waals surface area contributed by atoms with Gasteiger partial charge in [-0.25, -0.2) is 8.42 Å². The number of thioether (sulfide) groups is 1. The summed E-state index contributed by atoms with van der Waals surface area (Å²) in [4.78, 5) is 13.3. The average Bonchev–Trinajstić information content (AvgIpc) is 2.61. The van der Waals surface area contributed by atoms with E-state index in [0.717, 1.165) is 11.2 Å². The van der Waals surface area contributed by atoms with E-state index in [1.54, 1.807) is 43.0 Å². The van der Waals surface area contributed by atoms with Crippen molar-refractivity contribution < 1.29 is 17.9 Å². The summed E-state index contributed by atoms with van der Waals surface area (Å²) >= 11 is 1.60. The van der Waals surface area contributed by atoms with Crippen LogP contribution in [0.5, 0.6) is 5.75 Å². The van der Waals surface area contributed by atoms with Crippen molar-refractivity contribution in [2.45, 2.75) is 17.9 Å². The lowest BCUT2D eigenvalue weighted by atomic mass is 10.3. The molecule has 0 aliphatic rings. The molecule has 1 atom stereocenters. The Balaban J connectivity index is 2.00. The topological polar surface area (TPSA) is 75.7 Å². The van der Waals surface area contributed by atoms with Gasteiger partial charge in [0.25, 0.3) is 5.91 Å². The molecule has 2 aromatic carbocycles. The zero-order valence-electron chi connectivity index (χ0n) is 15.1. The van der Waals surface area contributed by atoms with Gasteiger partial charge in [-0.3, -0.25) is 9.10 Å². The Morgan fingerprint density at radius 2 is 1.85 bits per heavy atom. The smallest absolute Gasteiger partial charge is 0.265 e. The largest absolute Gasteiger partial charge is 0.481 e. The Hall–Kier alpha value is -2.19. The lowest BCUT2D eigenvalue weighted by Gasteiger charge is -2.18. The normalized spacial score (nSPS) is 12.3. The maximum atomic E-state index is 12.3. The molecule has 0 fully saturated rings. The van der Waals surface area contributed by atoms with Crippen molar-refractivity contribution in [3.63, 3.8) is 0 Å². The molecule has 0 aliphatic carbocycles. The summed E-state index contributed by atoms with van der Waals surface area (Å²) in [6, 6.07) is 14.1. The number of amides is 1.